The van der Waals surface area contributed by atoms with Gasteiger partial charge in [-0.15, -0.1) is 0 Å². The minimum atomic E-state index is -0.553. The van der Waals surface area contributed by atoms with Gasteiger partial charge in [-0.25, -0.2) is 0 Å². The van der Waals surface area contributed by atoms with Crippen LogP contribution in [0.4, 0.5) is 0 Å². The minimum Gasteiger partial charge on any atom is -0.393 e. The van der Waals surface area contributed by atoms with Gasteiger partial charge in [-0.2, -0.15) is 0 Å². The monoisotopic (exact) mass is 378 g/mol. The first-order valence-electron chi connectivity index (χ1n) is 11.3. The van der Waals surface area contributed by atoms with Crippen LogP contribution in [0.15, 0.2) is 0 Å². The lowest BCUT2D eigenvalue weighted by molar-refractivity contribution is -0.181. The molecule has 4 aliphatic carbocycles. The van der Waals surface area contributed by atoms with E-state index in [-0.39, 0.29) is 17.6 Å². The Kier molecular flexibility index (Phi) is 5.33. The van der Waals surface area contributed by atoms with Gasteiger partial charge < -0.3 is 14.9 Å². The molecule has 4 saturated carbocycles. The van der Waals surface area contributed by atoms with Gasteiger partial charge in [0.05, 0.1) is 12.2 Å². The van der Waals surface area contributed by atoms with Gasteiger partial charge in [0.2, 0.25) is 16.3 Å². The summed E-state index contributed by atoms with van der Waals surface area (Å²) in [4.78, 5) is 0. The molecule has 0 saturated heterocycles. The summed E-state index contributed by atoms with van der Waals surface area (Å²) in [5.41, 5.74) is 0.644. The zero-order valence-corrected chi connectivity index (χ0v) is 19.3. The lowest BCUT2D eigenvalue weighted by atomic mass is 9.45. The topological polar surface area (TPSA) is 49.7 Å². The smallest absolute Gasteiger partial charge is 0.223 e. The average Bonchev–Trinajstić information content (AvgIpc) is 2.90. The van der Waals surface area contributed by atoms with E-state index in [0.29, 0.717) is 10.2 Å². The van der Waals surface area contributed by atoms with E-state index in [9.17, 15) is 10.2 Å². The summed E-state index contributed by atoms with van der Waals surface area (Å²) in [6, 6.07) is 0. The molecule has 0 aromatic carbocycles. The molecule has 8 unspecified atom stereocenters. The lowest BCUT2D eigenvalue weighted by Gasteiger charge is -2.61. The second-order valence-corrected chi connectivity index (χ2v) is 12.8. The molecule has 0 aliphatic heterocycles. The fourth-order valence-corrected chi connectivity index (χ4v) is 7.83. The van der Waals surface area contributed by atoms with Crippen LogP contribution in [-0.2, 0) is 4.74 Å². The molecule has 2 N–H and O–H groups in total. The second-order valence-electron chi connectivity index (χ2n) is 11.0. The summed E-state index contributed by atoms with van der Waals surface area (Å²) < 4.78 is 6.35. The molecule has 4 heteroatoms. The fraction of sp³-hybridized carbons (Fsp3) is 1.00. The molecule has 26 heavy (non-hydrogen) atoms. The Bertz CT molecular complexity index is 526. The lowest BCUT2D eigenvalue weighted by Crippen LogP contribution is -2.54. The summed E-state index contributed by atoms with van der Waals surface area (Å²) in [6.07, 6.45) is 10.7. The molecule has 3 nitrogen and oxygen atoms in total. The van der Waals surface area contributed by atoms with Crippen molar-refractivity contribution in [1.29, 1.82) is 0 Å². The Balaban J connectivity index is 1.47. The highest BCUT2D eigenvalue weighted by atomic mass is 27.0. The van der Waals surface area contributed by atoms with Crippen LogP contribution in [0.3, 0.4) is 0 Å². The van der Waals surface area contributed by atoms with Crippen molar-refractivity contribution in [1.82, 2.24) is 0 Å². The third-order valence-corrected chi connectivity index (χ3v) is 10.0. The molecule has 0 spiro atoms. The van der Waals surface area contributed by atoms with Crippen molar-refractivity contribution in [2.45, 2.75) is 102 Å². The normalized spacial score (nSPS) is 53.3. The van der Waals surface area contributed by atoms with Crippen LogP contribution in [0.25, 0.3) is 0 Å². The summed E-state index contributed by atoms with van der Waals surface area (Å²) in [5.74, 6) is 3.18. The zero-order chi connectivity index (χ0) is 18.7. The quantitative estimate of drug-likeness (QED) is 0.583. The van der Waals surface area contributed by atoms with Gasteiger partial charge in [0.15, 0.2) is 0 Å². The van der Waals surface area contributed by atoms with Gasteiger partial charge in [0.25, 0.3) is 0 Å². The Labute approximate surface area is 167 Å². The summed E-state index contributed by atoms with van der Waals surface area (Å²) >= 11 is 0.984. The van der Waals surface area contributed by atoms with E-state index < -0.39 is 6.29 Å². The molecular weight excluding hydrogens is 339 g/mol. The Morgan fingerprint density at radius 2 is 1.65 bits per heavy atom. The SMILES string of the molecule is C[C@H]([AlH2])C(O)OC1CCC2(C)C(CCC3C2CCC2(C)C3CC[C@@H]2O)C1. The molecular formula is C22H39AlO3. The van der Waals surface area contributed by atoms with Gasteiger partial charge in [0, 0.05) is 0 Å². The van der Waals surface area contributed by atoms with Crippen molar-refractivity contribution in [2.24, 2.45) is 34.5 Å². The van der Waals surface area contributed by atoms with Gasteiger partial charge in [-0.05, 0) is 97.1 Å². The maximum atomic E-state index is 10.6. The predicted octanol–water partition coefficient (Wildman–Crippen LogP) is 3.54. The van der Waals surface area contributed by atoms with E-state index in [0.717, 1.165) is 59.2 Å². The van der Waals surface area contributed by atoms with Gasteiger partial charge in [-0.3, -0.25) is 0 Å². The first-order chi connectivity index (χ1) is 12.3. The van der Waals surface area contributed by atoms with E-state index in [1.54, 1.807) is 0 Å². The number of hydrogen-bond acceptors (Lipinski definition) is 3. The molecule has 10 atom stereocenters. The number of hydrogen-bond donors (Lipinski definition) is 2. The molecule has 0 aromatic heterocycles. The number of aliphatic hydroxyl groups excluding tert-OH is 2. The van der Waals surface area contributed by atoms with E-state index in [4.69, 9.17) is 4.74 Å². The van der Waals surface area contributed by atoms with Crippen LogP contribution in [0.2, 0.25) is 4.78 Å². The third kappa shape index (κ3) is 3.03. The molecule has 0 heterocycles. The van der Waals surface area contributed by atoms with Gasteiger partial charge in [0.1, 0.15) is 6.29 Å². The second kappa shape index (κ2) is 7.03. The Hall–Kier alpha value is 0.412. The standard InChI is InChI=1S/C22H37O3.Al.2H/c1-4-20(24)25-15-9-11-21(2)14(13-15)5-6-16-17-7-8-19(23)22(17,3)12-10-18(16)21;;;/h4,14-20,23-24H,5-13H2,1-3H3;;;/t14?,15?,16?,17?,18?,19-,20?,21?,22?;;;/m0.../s1. The molecule has 4 fully saturated rings. The number of aliphatic hydroxyl groups is 2. The van der Waals surface area contributed by atoms with Crippen LogP contribution in [-0.4, -0.2) is 45.0 Å². The molecule has 4 rings (SSSR count). The summed E-state index contributed by atoms with van der Waals surface area (Å²) in [7, 11) is 0. The highest BCUT2D eigenvalue weighted by Gasteiger charge is 2.60. The number of rotatable bonds is 3. The number of ether oxygens (including phenoxy) is 1. The average molecular weight is 379 g/mol. The van der Waals surface area contributed by atoms with E-state index in [1.165, 1.54) is 38.5 Å². The highest BCUT2D eigenvalue weighted by molar-refractivity contribution is 6.11. The van der Waals surface area contributed by atoms with Gasteiger partial charge >= 0.3 is 0 Å². The van der Waals surface area contributed by atoms with Crippen LogP contribution in [0.1, 0.15) is 78.6 Å². The Morgan fingerprint density at radius 1 is 0.962 bits per heavy atom. The zero-order valence-electron chi connectivity index (χ0n) is 17.3. The molecule has 4 aliphatic rings. The van der Waals surface area contributed by atoms with Crippen LogP contribution in [0.5, 0.6) is 0 Å². The van der Waals surface area contributed by atoms with Gasteiger partial charge in [-0.1, -0.05) is 20.8 Å². The molecule has 0 amide bonds. The largest absolute Gasteiger partial charge is 0.393 e. The fourth-order valence-electron chi connectivity index (χ4n) is 7.67. The molecule has 0 bridgehead atoms. The van der Waals surface area contributed by atoms with Crippen molar-refractivity contribution in [2.75, 3.05) is 0 Å². The van der Waals surface area contributed by atoms with Crippen molar-refractivity contribution < 1.29 is 14.9 Å². The molecule has 148 valence electrons. The van der Waals surface area contributed by atoms with E-state index >= 15 is 0 Å². The molecule has 0 aromatic rings. The first kappa shape index (κ1) is 19.7. The maximum Gasteiger partial charge on any atom is 0.223 e. The van der Waals surface area contributed by atoms with Crippen LogP contribution < -0.4 is 0 Å². The maximum absolute atomic E-state index is 10.6. The predicted molar refractivity (Wildman–Crippen MR) is 107 cm³/mol. The third-order valence-electron chi connectivity index (χ3n) is 9.47. The van der Waals surface area contributed by atoms with Crippen molar-refractivity contribution in [3.05, 3.63) is 0 Å². The number of fused-ring (bicyclic) bond motifs is 5. The first-order valence-corrected chi connectivity index (χ1v) is 12.4. The van der Waals surface area contributed by atoms with Crippen molar-refractivity contribution >= 4 is 16.3 Å². The van der Waals surface area contributed by atoms with Crippen molar-refractivity contribution in [3.63, 3.8) is 0 Å². The van der Waals surface area contributed by atoms with E-state index in [2.05, 4.69) is 20.8 Å². The molecule has 0 radical (unpaired) electrons. The van der Waals surface area contributed by atoms with Crippen molar-refractivity contribution in [3.8, 4) is 0 Å². The van der Waals surface area contributed by atoms with Crippen LogP contribution in [0, 0.1) is 34.5 Å². The van der Waals surface area contributed by atoms with E-state index in [1.807, 2.05) is 0 Å². The summed E-state index contributed by atoms with van der Waals surface area (Å²) in [6.45, 7) is 7.04. The Morgan fingerprint density at radius 3 is 2.38 bits per heavy atom. The highest BCUT2D eigenvalue weighted by Crippen LogP contribution is 2.66. The summed E-state index contributed by atoms with van der Waals surface area (Å²) in [5, 5.41) is 20.8. The van der Waals surface area contributed by atoms with Crippen LogP contribution >= 0.6 is 0 Å². The minimum absolute atomic E-state index is 0.0656.